The van der Waals surface area contributed by atoms with Crippen molar-refractivity contribution in [2.45, 2.75) is 11.3 Å². The van der Waals surface area contributed by atoms with Crippen molar-refractivity contribution in [3.8, 4) is 0 Å². The van der Waals surface area contributed by atoms with Crippen molar-refractivity contribution < 1.29 is 17.2 Å². The van der Waals surface area contributed by atoms with Gasteiger partial charge in [-0.3, -0.25) is 4.98 Å². The van der Waals surface area contributed by atoms with Crippen LogP contribution in [-0.4, -0.2) is 19.2 Å². The Kier molecular flexibility index (Phi) is 3.90. The van der Waals surface area contributed by atoms with E-state index in [0.717, 1.165) is 0 Å². The lowest BCUT2D eigenvalue weighted by atomic mass is 10.5. The second kappa shape index (κ2) is 4.97. The summed E-state index contributed by atoms with van der Waals surface area (Å²) in [5.74, 6) is -0.325. The van der Waals surface area contributed by atoms with Crippen LogP contribution in [-0.2, 0) is 9.84 Å². The fourth-order valence-electron chi connectivity index (χ4n) is 0.987. The fraction of sp³-hybridized carbons (Fsp3) is 0.222. The molecule has 3 nitrogen and oxygen atoms in total. The van der Waals surface area contributed by atoms with Gasteiger partial charge in [-0.05, 0) is 24.6 Å². The van der Waals surface area contributed by atoms with Gasteiger partial charge in [-0.25, -0.2) is 8.42 Å². The molecule has 0 amide bonds. The van der Waals surface area contributed by atoms with Crippen molar-refractivity contribution in [3.63, 3.8) is 0 Å². The van der Waals surface area contributed by atoms with E-state index in [1.165, 1.54) is 24.5 Å². The molecule has 0 atom stereocenters. The normalized spacial score (nSPS) is 11.1. The van der Waals surface area contributed by atoms with Crippen molar-refractivity contribution in [1.29, 1.82) is 0 Å². The molecule has 82 valence electrons. The summed E-state index contributed by atoms with van der Waals surface area (Å²) in [5.41, 5.74) is 0. The standard InChI is InChI=1S/C9H9F2NO2S/c10-9(11)2-1-7-15(13,14)8-3-5-12-6-4-8/h2-6H,1,7H2. The summed E-state index contributed by atoms with van der Waals surface area (Å²) in [6.07, 6.45) is 1.24. The van der Waals surface area contributed by atoms with Gasteiger partial charge in [0.2, 0.25) is 0 Å². The minimum Gasteiger partial charge on any atom is -0.265 e. The average Bonchev–Trinajstić information content (AvgIpc) is 2.18. The molecule has 0 N–H and O–H groups in total. The Hall–Kier alpha value is -1.30. The second-order valence-electron chi connectivity index (χ2n) is 2.78. The molecule has 0 spiro atoms. The van der Waals surface area contributed by atoms with E-state index in [-0.39, 0.29) is 17.1 Å². The number of aromatic nitrogens is 1. The van der Waals surface area contributed by atoms with Gasteiger partial charge in [0.05, 0.1) is 10.6 Å². The van der Waals surface area contributed by atoms with Crippen LogP contribution in [0.3, 0.4) is 0 Å². The number of sulfone groups is 1. The quantitative estimate of drug-likeness (QED) is 0.799. The third kappa shape index (κ3) is 3.75. The Balaban J connectivity index is 2.73. The van der Waals surface area contributed by atoms with Gasteiger partial charge in [0.1, 0.15) is 0 Å². The van der Waals surface area contributed by atoms with Crippen LogP contribution in [0.2, 0.25) is 0 Å². The highest BCUT2D eigenvalue weighted by molar-refractivity contribution is 7.91. The molecular formula is C9H9F2NO2S. The fourth-order valence-corrected chi connectivity index (χ4v) is 2.19. The molecule has 0 aromatic carbocycles. The van der Waals surface area contributed by atoms with Crippen LogP contribution >= 0.6 is 0 Å². The van der Waals surface area contributed by atoms with Crippen LogP contribution in [0.1, 0.15) is 6.42 Å². The number of nitrogens with zero attached hydrogens (tertiary/aromatic N) is 1. The number of halogens is 2. The van der Waals surface area contributed by atoms with Gasteiger partial charge in [0.25, 0.3) is 6.08 Å². The monoisotopic (exact) mass is 233 g/mol. The van der Waals surface area contributed by atoms with Gasteiger partial charge in [-0.2, -0.15) is 8.78 Å². The first kappa shape index (κ1) is 11.8. The molecule has 0 aliphatic rings. The van der Waals surface area contributed by atoms with Crippen LogP contribution in [0.25, 0.3) is 0 Å². The maximum atomic E-state index is 11.7. The molecule has 1 aromatic heterocycles. The zero-order valence-corrected chi connectivity index (χ0v) is 8.55. The summed E-state index contributed by atoms with van der Waals surface area (Å²) in [7, 11) is -3.47. The van der Waals surface area contributed by atoms with Crippen LogP contribution in [0, 0.1) is 0 Å². The van der Waals surface area contributed by atoms with Crippen molar-refractivity contribution in [3.05, 3.63) is 36.7 Å². The van der Waals surface area contributed by atoms with Gasteiger partial charge < -0.3 is 0 Å². The highest BCUT2D eigenvalue weighted by Gasteiger charge is 2.12. The summed E-state index contributed by atoms with van der Waals surface area (Å²) in [6.45, 7) is 0. The van der Waals surface area contributed by atoms with Gasteiger partial charge in [-0.1, -0.05) is 0 Å². The molecule has 1 aromatic rings. The van der Waals surface area contributed by atoms with E-state index in [1.54, 1.807) is 0 Å². The van der Waals surface area contributed by atoms with Crippen molar-refractivity contribution in [1.82, 2.24) is 4.98 Å². The Labute approximate surface area is 86.4 Å². The Bertz CT molecular complexity index is 438. The molecule has 1 rings (SSSR count). The Morgan fingerprint density at radius 2 is 1.93 bits per heavy atom. The molecule has 1 heterocycles. The van der Waals surface area contributed by atoms with Crippen LogP contribution in [0.15, 0.2) is 41.6 Å². The van der Waals surface area contributed by atoms with Gasteiger partial charge in [0.15, 0.2) is 9.84 Å². The largest absolute Gasteiger partial charge is 0.266 e. The lowest BCUT2D eigenvalue weighted by Gasteiger charge is -2.00. The van der Waals surface area contributed by atoms with E-state index in [4.69, 9.17) is 0 Å². The highest BCUT2D eigenvalue weighted by atomic mass is 32.2. The third-order valence-corrected chi connectivity index (χ3v) is 3.46. The number of rotatable bonds is 4. The number of hydrogen-bond acceptors (Lipinski definition) is 3. The molecule has 0 saturated carbocycles. The van der Waals surface area contributed by atoms with Crippen molar-refractivity contribution >= 4 is 9.84 Å². The molecule has 0 fully saturated rings. The predicted octanol–water partition coefficient (Wildman–Crippen LogP) is 2.03. The first-order chi connectivity index (χ1) is 7.02. The molecule has 0 unspecified atom stereocenters. The molecule has 0 saturated heterocycles. The molecule has 0 aliphatic heterocycles. The maximum Gasteiger partial charge on any atom is 0.266 e. The molecule has 15 heavy (non-hydrogen) atoms. The zero-order chi connectivity index (χ0) is 11.3. The van der Waals surface area contributed by atoms with E-state index in [1.807, 2.05) is 0 Å². The third-order valence-electron chi connectivity index (χ3n) is 1.69. The Morgan fingerprint density at radius 1 is 1.33 bits per heavy atom. The lowest BCUT2D eigenvalue weighted by Crippen LogP contribution is -2.05. The van der Waals surface area contributed by atoms with Crippen LogP contribution in [0.4, 0.5) is 8.78 Å². The van der Waals surface area contributed by atoms with Crippen molar-refractivity contribution in [2.75, 3.05) is 5.75 Å². The maximum absolute atomic E-state index is 11.7. The zero-order valence-electron chi connectivity index (χ0n) is 7.73. The van der Waals surface area contributed by atoms with E-state index >= 15 is 0 Å². The topological polar surface area (TPSA) is 47.0 Å². The van der Waals surface area contributed by atoms with Gasteiger partial charge in [-0.15, -0.1) is 0 Å². The van der Waals surface area contributed by atoms with Crippen molar-refractivity contribution in [2.24, 2.45) is 0 Å². The predicted molar refractivity (Wildman–Crippen MR) is 51.2 cm³/mol. The molecule has 0 radical (unpaired) electrons. The molecule has 0 aliphatic carbocycles. The smallest absolute Gasteiger partial charge is 0.265 e. The Morgan fingerprint density at radius 3 is 2.47 bits per heavy atom. The average molecular weight is 233 g/mol. The first-order valence-electron chi connectivity index (χ1n) is 4.16. The summed E-state index contributed by atoms with van der Waals surface area (Å²) in [6, 6.07) is 2.68. The van der Waals surface area contributed by atoms with Gasteiger partial charge in [0, 0.05) is 12.4 Å². The highest BCUT2D eigenvalue weighted by Crippen LogP contribution is 2.11. The molecular weight excluding hydrogens is 224 g/mol. The first-order valence-corrected chi connectivity index (χ1v) is 5.81. The molecule has 6 heteroatoms. The summed E-state index contributed by atoms with van der Waals surface area (Å²) in [5, 5.41) is 0. The van der Waals surface area contributed by atoms with Crippen LogP contribution in [0.5, 0.6) is 0 Å². The number of allylic oxidation sites excluding steroid dienone is 1. The minimum absolute atomic E-state index is 0.102. The van der Waals surface area contributed by atoms with E-state index < -0.39 is 15.9 Å². The van der Waals surface area contributed by atoms with Crippen LogP contribution < -0.4 is 0 Å². The number of hydrogen-bond donors (Lipinski definition) is 0. The van der Waals surface area contributed by atoms with E-state index in [0.29, 0.717) is 6.08 Å². The number of pyridine rings is 1. The second-order valence-corrected chi connectivity index (χ2v) is 4.89. The van der Waals surface area contributed by atoms with E-state index in [9.17, 15) is 17.2 Å². The van der Waals surface area contributed by atoms with E-state index in [2.05, 4.69) is 4.98 Å². The summed E-state index contributed by atoms with van der Waals surface area (Å²) < 4.78 is 46.4. The molecule has 0 bridgehead atoms. The summed E-state index contributed by atoms with van der Waals surface area (Å²) >= 11 is 0. The summed E-state index contributed by atoms with van der Waals surface area (Å²) in [4.78, 5) is 3.77. The van der Waals surface area contributed by atoms with Gasteiger partial charge >= 0.3 is 0 Å². The minimum atomic E-state index is -3.47. The lowest BCUT2D eigenvalue weighted by molar-refractivity contribution is 0.418. The SMILES string of the molecule is O=S(=O)(CCC=C(F)F)c1ccncc1.